The minimum Gasteiger partial charge on any atom is -0.508 e. The molecule has 0 saturated carbocycles. The number of aromatic hydroxyl groups is 1. The van der Waals surface area contributed by atoms with Gasteiger partial charge in [-0.25, -0.2) is 4.39 Å². The van der Waals surface area contributed by atoms with Gasteiger partial charge in [-0.3, -0.25) is 10.1 Å². The number of rotatable bonds is 3. The smallest absolute Gasteiger partial charge is 0.312 e. The number of benzene rings is 2. The highest BCUT2D eigenvalue weighted by Gasteiger charge is 2.19. The molecule has 2 aromatic carbocycles. The van der Waals surface area contributed by atoms with E-state index >= 15 is 0 Å². The molecule has 0 bridgehead atoms. The Morgan fingerprint density at radius 2 is 2.00 bits per heavy atom. The second kappa shape index (κ2) is 5.46. The molecule has 0 spiro atoms. The number of hydrogen-bond donors (Lipinski definition) is 1. The molecule has 20 heavy (non-hydrogen) atoms. The molecule has 0 atom stereocenters. The topological polar surface area (TPSA) is 72.6 Å². The summed E-state index contributed by atoms with van der Waals surface area (Å²) in [4.78, 5) is 10.3. The molecule has 2 rings (SSSR count). The van der Waals surface area contributed by atoms with E-state index in [1.807, 2.05) is 0 Å². The summed E-state index contributed by atoms with van der Waals surface area (Å²) in [5, 5.41) is 20.4. The van der Waals surface area contributed by atoms with Gasteiger partial charge in [-0.2, -0.15) is 0 Å². The van der Waals surface area contributed by atoms with Gasteiger partial charge in [0.15, 0.2) is 0 Å². The summed E-state index contributed by atoms with van der Waals surface area (Å²) < 4.78 is 18.8. The van der Waals surface area contributed by atoms with Crippen LogP contribution in [-0.2, 0) is 0 Å². The zero-order valence-corrected chi connectivity index (χ0v) is 11.8. The zero-order valence-electron chi connectivity index (χ0n) is 10.3. The predicted molar refractivity (Wildman–Crippen MR) is 73.7 cm³/mol. The number of ether oxygens (including phenoxy) is 1. The van der Waals surface area contributed by atoms with Crippen LogP contribution < -0.4 is 4.74 Å². The lowest BCUT2D eigenvalue weighted by molar-refractivity contribution is -0.385. The number of hydrogen-bond acceptors (Lipinski definition) is 4. The molecule has 0 heterocycles. The normalized spacial score (nSPS) is 10.3. The van der Waals surface area contributed by atoms with Crippen molar-refractivity contribution in [1.82, 2.24) is 0 Å². The monoisotopic (exact) mass is 341 g/mol. The number of phenolic OH excluding ortho intramolecular Hbond substituents is 1. The summed E-state index contributed by atoms with van der Waals surface area (Å²) >= 11 is 2.88. The maximum atomic E-state index is 13.5. The van der Waals surface area contributed by atoms with Crippen molar-refractivity contribution in [3.63, 3.8) is 0 Å². The molecule has 0 radical (unpaired) electrons. The van der Waals surface area contributed by atoms with Crippen LogP contribution in [0.25, 0.3) is 0 Å². The highest BCUT2D eigenvalue weighted by Crippen LogP contribution is 2.36. The lowest BCUT2D eigenvalue weighted by Crippen LogP contribution is -1.95. The van der Waals surface area contributed by atoms with E-state index in [1.54, 1.807) is 13.0 Å². The van der Waals surface area contributed by atoms with Crippen LogP contribution >= 0.6 is 15.9 Å². The summed E-state index contributed by atoms with van der Waals surface area (Å²) in [6.07, 6.45) is 0. The van der Waals surface area contributed by atoms with Gasteiger partial charge >= 0.3 is 5.69 Å². The zero-order chi connectivity index (χ0) is 14.9. The molecular formula is C13H9BrFNO4. The Morgan fingerprint density at radius 1 is 1.30 bits per heavy atom. The molecule has 5 nitrogen and oxygen atoms in total. The average molecular weight is 342 g/mol. The number of halogens is 2. The summed E-state index contributed by atoms with van der Waals surface area (Å²) in [6.45, 7) is 1.73. The predicted octanol–water partition coefficient (Wildman–Crippen LogP) is 4.30. The number of nitro benzene ring substituents is 1. The Morgan fingerprint density at radius 3 is 2.60 bits per heavy atom. The second-order valence-corrected chi connectivity index (χ2v) is 4.95. The molecule has 0 saturated heterocycles. The third kappa shape index (κ3) is 3.05. The van der Waals surface area contributed by atoms with Crippen LogP contribution in [0.4, 0.5) is 10.1 Å². The fourth-order valence-electron chi connectivity index (χ4n) is 1.66. The molecule has 0 aromatic heterocycles. The van der Waals surface area contributed by atoms with Gasteiger partial charge in [0.2, 0.25) is 5.75 Å². The van der Waals surface area contributed by atoms with Crippen molar-refractivity contribution in [2.75, 3.05) is 0 Å². The molecule has 0 fully saturated rings. The van der Waals surface area contributed by atoms with E-state index in [0.29, 0.717) is 5.56 Å². The fourth-order valence-corrected chi connectivity index (χ4v) is 1.99. The number of aryl methyl sites for hydroxylation is 1. The van der Waals surface area contributed by atoms with Crippen LogP contribution in [-0.4, -0.2) is 10.0 Å². The number of nitrogens with zero attached hydrogens (tertiary/aromatic N) is 1. The van der Waals surface area contributed by atoms with Crippen LogP contribution in [0.5, 0.6) is 17.2 Å². The van der Waals surface area contributed by atoms with E-state index in [9.17, 15) is 19.6 Å². The SMILES string of the molecule is Cc1cc(O)cc(Oc2cc(F)c(Br)cc2[N+](=O)[O-])c1. The Bertz CT molecular complexity index is 670. The van der Waals surface area contributed by atoms with Gasteiger partial charge in [-0.1, -0.05) is 0 Å². The van der Waals surface area contributed by atoms with Crippen LogP contribution in [0.2, 0.25) is 0 Å². The van der Waals surface area contributed by atoms with Gasteiger partial charge < -0.3 is 9.84 Å². The maximum Gasteiger partial charge on any atom is 0.312 e. The van der Waals surface area contributed by atoms with E-state index in [-0.39, 0.29) is 27.4 Å². The van der Waals surface area contributed by atoms with Crippen LogP contribution in [0, 0.1) is 22.9 Å². The second-order valence-electron chi connectivity index (χ2n) is 4.10. The van der Waals surface area contributed by atoms with Crippen LogP contribution in [0.3, 0.4) is 0 Å². The van der Waals surface area contributed by atoms with Gasteiger partial charge in [0.1, 0.15) is 17.3 Å². The molecule has 7 heteroatoms. The Labute approximate surface area is 121 Å². The average Bonchev–Trinajstić information content (AvgIpc) is 2.31. The van der Waals surface area contributed by atoms with Gasteiger partial charge in [0.05, 0.1) is 9.40 Å². The quantitative estimate of drug-likeness (QED) is 0.667. The first kappa shape index (κ1) is 14.3. The van der Waals surface area contributed by atoms with Gasteiger partial charge in [0.25, 0.3) is 0 Å². The van der Waals surface area contributed by atoms with Crippen molar-refractivity contribution in [3.8, 4) is 17.2 Å². The highest BCUT2D eigenvalue weighted by molar-refractivity contribution is 9.10. The number of nitro groups is 1. The first-order valence-electron chi connectivity index (χ1n) is 5.49. The van der Waals surface area contributed by atoms with E-state index in [2.05, 4.69) is 15.9 Å². The summed E-state index contributed by atoms with van der Waals surface area (Å²) in [7, 11) is 0. The third-order valence-corrected chi connectivity index (χ3v) is 3.07. The molecule has 0 aliphatic heterocycles. The molecule has 1 N–H and O–H groups in total. The first-order chi connectivity index (χ1) is 9.36. The van der Waals surface area contributed by atoms with Crippen LogP contribution in [0.15, 0.2) is 34.8 Å². The third-order valence-electron chi connectivity index (χ3n) is 2.46. The van der Waals surface area contributed by atoms with Crippen LogP contribution in [0.1, 0.15) is 5.56 Å². The highest BCUT2D eigenvalue weighted by atomic mass is 79.9. The molecule has 104 valence electrons. The Balaban J connectivity index is 2.47. The van der Waals surface area contributed by atoms with Crippen molar-refractivity contribution in [1.29, 1.82) is 0 Å². The van der Waals surface area contributed by atoms with Crippen molar-refractivity contribution in [2.45, 2.75) is 6.92 Å². The first-order valence-corrected chi connectivity index (χ1v) is 6.28. The van der Waals surface area contributed by atoms with Crippen molar-refractivity contribution in [2.24, 2.45) is 0 Å². The van der Waals surface area contributed by atoms with E-state index in [0.717, 1.165) is 12.1 Å². The molecule has 0 amide bonds. The van der Waals surface area contributed by atoms with Crippen molar-refractivity contribution < 1.29 is 19.2 Å². The fraction of sp³-hybridized carbons (Fsp3) is 0.0769. The minimum atomic E-state index is -0.678. The molecule has 2 aromatic rings. The standard InChI is InChI=1S/C13H9BrFNO4/c1-7-2-8(17)4-9(3-7)20-13-6-11(15)10(14)5-12(13)16(18)19/h2-6,17H,1H3. The van der Waals surface area contributed by atoms with Gasteiger partial charge in [-0.15, -0.1) is 0 Å². The summed E-state index contributed by atoms with van der Waals surface area (Å²) in [5.41, 5.74) is 0.333. The largest absolute Gasteiger partial charge is 0.508 e. The van der Waals surface area contributed by atoms with Gasteiger partial charge in [0, 0.05) is 18.2 Å². The molecule has 0 aliphatic rings. The molecular weight excluding hydrogens is 333 g/mol. The van der Waals surface area contributed by atoms with E-state index in [1.165, 1.54) is 12.1 Å². The Kier molecular flexibility index (Phi) is 3.89. The molecule has 0 aliphatic carbocycles. The maximum absolute atomic E-state index is 13.5. The summed E-state index contributed by atoms with van der Waals surface area (Å²) in [6, 6.07) is 6.31. The number of phenols is 1. The van der Waals surface area contributed by atoms with Gasteiger partial charge in [-0.05, 0) is 40.5 Å². The lowest BCUT2D eigenvalue weighted by atomic mass is 10.2. The van der Waals surface area contributed by atoms with Crippen molar-refractivity contribution >= 4 is 21.6 Å². The summed E-state index contributed by atoms with van der Waals surface area (Å²) in [5.74, 6) is -0.768. The molecule has 0 unspecified atom stereocenters. The van der Waals surface area contributed by atoms with E-state index < -0.39 is 10.7 Å². The van der Waals surface area contributed by atoms with Crippen molar-refractivity contribution in [3.05, 3.63) is 56.3 Å². The Hall–Kier alpha value is -2.15. The van der Waals surface area contributed by atoms with E-state index in [4.69, 9.17) is 4.74 Å². The minimum absolute atomic E-state index is 0.0244. The lowest BCUT2D eigenvalue weighted by Gasteiger charge is -2.08.